The molecule has 21 heavy (non-hydrogen) atoms. The van der Waals surface area contributed by atoms with Crippen molar-refractivity contribution in [2.24, 2.45) is 5.92 Å². The van der Waals surface area contributed by atoms with E-state index in [-0.39, 0.29) is 24.2 Å². The second-order valence-corrected chi connectivity index (χ2v) is 6.04. The van der Waals surface area contributed by atoms with Gasteiger partial charge in [-0.05, 0) is 27.7 Å². The number of rotatable bonds is 8. The number of carbonyl (C=O) groups is 3. The Morgan fingerprint density at radius 3 is 2.24 bits per heavy atom. The van der Waals surface area contributed by atoms with Crippen molar-refractivity contribution in [2.75, 3.05) is 7.05 Å². The summed E-state index contributed by atoms with van der Waals surface area (Å²) in [4.78, 5) is 34.8. The van der Waals surface area contributed by atoms with Crippen LogP contribution >= 0.6 is 0 Å². The van der Waals surface area contributed by atoms with Crippen molar-refractivity contribution in [3.8, 4) is 0 Å². The molecule has 0 heterocycles. The van der Waals surface area contributed by atoms with Crippen molar-refractivity contribution in [1.82, 2.24) is 16.0 Å². The van der Waals surface area contributed by atoms with Gasteiger partial charge < -0.3 is 16.0 Å². The fourth-order valence-corrected chi connectivity index (χ4v) is 2.35. The summed E-state index contributed by atoms with van der Waals surface area (Å²) in [5.41, 5.74) is -1.73. The summed E-state index contributed by atoms with van der Waals surface area (Å²) in [5.74, 6) is -0.679. The number of amides is 3. The van der Waals surface area contributed by atoms with Gasteiger partial charge in [-0.1, -0.05) is 19.1 Å². The van der Waals surface area contributed by atoms with Gasteiger partial charge >= 0.3 is 0 Å². The molecule has 0 spiro atoms. The Hall–Kier alpha value is -1.85. The molecule has 6 nitrogen and oxygen atoms in total. The lowest BCUT2D eigenvalue weighted by atomic mass is 9.84. The first-order valence-corrected chi connectivity index (χ1v) is 7.00. The zero-order chi connectivity index (χ0) is 16.7. The molecule has 120 valence electrons. The molecule has 0 aromatic rings. The van der Waals surface area contributed by atoms with Crippen molar-refractivity contribution >= 4 is 18.2 Å². The summed E-state index contributed by atoms with van der Waals surface area (Å²) >= 11 is 0. The van der Waals surface area contributed by atoms with Crippen LogP contribution in [0.3, 0.4) is 0 Å². The van der Waals surface area contributed by atoms with E-state index in [0.29, 0.717) is 6.41 Å². The van der Waals surface area contributed by atoms with Gasteiger partial charge in [-0.15, -0.1) is 0 Å². The molecule has 0 saturated heterocycles. The number of allylic oxidation sites excluding steroid dienone is 1. The van der Waals surface area contributed by atoms with E-state index in [2.05, 4.69) is 16.0 Å². The minimum absolute atomic E-state index is 0.122. The zero-order valence-corrected chi connectivity index (χ0v) is 13.7. The lowest BCUT2D eigenvalue weighted by Gasteiger charge is -2.36. The van der Waals surface area contributed by atoms with Gasteiger partial charge in [0.25, 0.3) is 0 Å². The van der Waals surface area contributed by atoms with E-state index >= 15 is 0 Å². The van der Waals surface area contributed by atoms with Crippen molar-refractivity contribution < 1.29 is 14.4 Å². The number of likely N-dealkylation sites (N-methyl/N-ethyl adjacent to an activating group) is 1. The van der Waals surface area contributed by atoms with Crippen LogP contribution in [-0.4, -0.2) is 36.3 Å². The van der Waals surface area contributed by atoms with Crippen LogP contribution in [0.25, 0.3) is 0 Å². The lowest BCUT2D eigenvalue weighted by Crippen LogP contribution is -2.60. The molecular formula is C15H27N3O3. The van der Waals surface area contributed by atoms with Gasteiger partial charge in [-0.25, -0.2) is 0 Å². The van der Waals surface area contributed by atoms with E-state index < -0.39 is 11.1 Å². The molecule has 2 atom stereocenters. The van der Waals surface area contributed by atoms with E-state index in [1.807, 2.05) is 26.8 Å². The molecule has 0 aliphatic rings. The number of nitrogens with one attached hydrogen (secondary N) is 3. The summed E-state index contributed by atoms with van der Waals surface area (Å²) in [6, 6.07) is 0. The van der Waals surface area contributed by atoms with Crippen molar-refractivity contribution in [1.29, 1.82) is 0 Å². The minimum Gasteiger partial charge on any atom is -0.357 e. The minimum atomic E-state index is -1.09. The molecule has 0 aromatic carbocycles. The Morgan fingerprint density at radius 2 is 1.81 bits per heavy atom. The van der Waals surface area contributed by atoms with Gasteiger partial charge in [0.15, 0.2) is 0 Å². The maximum atomic E-state index is 12.1. The number of hydrogen-bond acceptors (Lipinski definition) is 3. The topological polar surface area (TPSA) is 87.3 Å². The fourth-order valence-electron chi connectivity index (χ4n) is 2.35. The zero-order valence-electron chi connectivity index (χ0n) is 13.7. The van der Waals surface area contributed by atoms with Crippen molar-refractivity contribution in [3.63, 3.8) is 0 Å². The van der Waals surface area contributed by atoms with Crippen molar-refractivity contribution in [2.45, 2.75) is 52.1 Å². The van der Waals surface area contributed by atoms with Crippen LogP contribution in [0, 0.1) is 5.92 Å². The van der Waals surface area contributed by atoms with E-state index in [1.165, 1.54) is 7.05 Å². The van der Waals surface area contributed by atoms with Gasteiger partial charge in [0.2, 0.25) is 18.2 Å². The van der Waals surface area contributed by atoms with Gasteiger partial charge in [-0.3, -0.25) is 14.4 Å². The summed E-state index contributed by atoms with van der Waals surface area (Å²) in [7, 11) is 1.51. The molecule has 6 heteroatoms. The van der Waals surface area contributed by atoms with E-state index in [0.717, 1.165) is 0 Å². The van der Waals surface area contributed by atoms with Gasteiger partial charge in [-0.2, -0.15) is 0 Å². The van der Waals surface area contributed by atoms with Gasteiger partial charge in [0.05, 0.1) is 5.92 Å². The first-order valence-electron chi connectivity index (χ1n) is 7.00. The molecule has 0 aliphatic carbocycles. The fraction of sp³-hybridized carbons (Fsp3) is 0.667. The Labute approximate surface area is 126 Å². The second-order valence-electron chi connectivity index (χ2n) is 6.04. The van der Waals surface area contributed by atoms with Crippen molar-refractivity contribution in [3.05, 3.63) is 12.2 Å². The molecule has 0 radical (unpaired) electrons. The van der Waals surface area contributed by atoms with Crippen LogP contribution in [0.1, 0.15) is 41.0 Å². The van der Waals surface area contributed by atoms with E-state index in [9.17, 15) is 14.4 Å². The Kier molecular flexibility index (Phi) is 7.12. The Bertz CT molecular complexity index is 418. The van der Waals surface area contributed by atoms with E-state index in [4.69, 9.17) is 0 Å². The standard InChI is InChI=1S/C15H27N3O3/c1-7-8-11(2)12(20)18-14(3,4)9-15(5,17-10-19)13(21)16-6/h7-8,10-11H,9H2,1-6H3,(H,16,21)(H,17,19)(H,18,20). The molecular weight excluding hydrogens is 270 g/mol. The van der Waals surface area contributed by atoms with Crippen LogP contribution in [0.4, 0.5) is 0 Å². The quantitative estimate of drug-likeness (QED) is 0.456. The first kappa shape index (κ1) is 19.1. The van der Waals surface area contributed by atoms with Gasteiger partial charge in [0.1, 0.15) is 5.54 Å². The second kappa shape index (κ2) is 7.81. The molecule has 0 aromatic heterocycles. The molecule has 2 unspecified atom stereocenters. The highest BCUT2D eigenvalue weighted by Crippen LogP contribution is 2.21. The third-order valence-corrected chi connectivity index (χ3v) is 3.26. The average molecular weight is 297 g/mol. The maximum absolute atomic E-state index is 12.1. The molecule has 0 fully saturated rings. The summed E-state index contributed by atoms with van der Waals surface area (Å²) in [6.07, 6.45) is 4.38. The number of hydrogen-bond donors (Lipinski definition) is 3. The van der Waals surface area contributed by atoms with Crippen LogP contribution < -0.4 is 16.0 Å². The predicted octanol–water partition coefficient (Wildman–Crippen LogP) is 0.734. The average Bonchev–Trinajstić information content (AvgIpc) is 2.36. The largest absolute Gasteiger partial charge is 0.357 e. The SMILES string of the molecule is CC=CC(C)C(=O)NC(C)(C)CC(C)(NC=O)C(=O)NC. The highest BCUT2D eigenvalue weighted by Gasteiger charge is 2.39. The summed E-state index contributed by atoms with van der Waals surface area (Å²) < 4.78 is 0. The van der Waals surface area contributed by atoms with Crippen LogP contribution in [0.2, 0.25) is 0 Å². The third-order valence-electron chi connectivity index (χ3n) is 3.26. The third kappa shape index (κ3) is 5.97. The smallest absolute Gasteiger partial charge is 0.245 e. The normalized spacial score (nSPS) is 15.9. The lowest BCUT2D eigenvalue weighted by molar-refractivity contribution is -0.131. The molecule has 3 N–H and O–H groups in total. The molecule has 0 aliphatic heterocycles. The van der Waals surface area contributed by atoms with Gasteiger partial charge in [0, 0.05) is 19.0 Å². The maximum Gasteiger partial charge on any atom is 0.245 e. The predicted molar refractivity (Wildman–Crippen MR) is 82.5 cm³/mol. The molecule has 0 saturated carbocycles. The molecule has 3 amide bonds. The Balaban J connectivity index is 5.02. The summed E-state index contributed by atoms with van der Waals surface area (Å²) in [6.45, 7) is 8.92. The highest BCUT2D eigenvalue weighted by molar-refractivity contribution is 5.88. The number of carbonyl (C=O) groups excluding carboxylic acids is 3. The first-order chi connectivity index (χ1) is 9.61. The molecule has 0 bridgehead atoms. The van der Waals surface area contributed by atoms with E-state index in [1.54, 1.807) is 19.9 Å². The molecule has 0 rings (SSSR count). The highest BCUT2D eigenvalue weighted by atomic mass is 16.2. The summed E-state index contributed by atoms with van der Waals surface area (Å²) in [5, 5.41) is 7.97. The van der Waals surface area contributed by atoms with Crippen LogP contribution in [-0.2, 0) is 14.4 Å². The monoisotopic (exact) mass is 297 g/mol. The van der Waals surface area contributed by atoms with Crippen LogP contribution in [0.15, 0.2) is 12.2 Å². The van der Waals surface area contributed by atoms with Crippen LogP contribution in [0.5, 0.6) is 0 Å². The Morgan fingerprint density at radius 1 is 1.24 bits per heavy atom.